The molecule has 0 aliphatic carbocycles. The van der Waals surface area contributed by atoms with E-state index in [4.69, 9.17) is 5.73 Å². The summed E-state index contributed by atoms with van der Waals surface area (Å²) in [6.07, 6.45) is -2.02. The summed E-state index contributed by atoms with van der Waals surface area (Å²) >= 11 is 9.48. The van der Waals surface area contributed by atoms with Crippen molar-refractivity contribution >= 4 is 53.8 Å². The van der Waals surface area contributed by atoms with E-state index in [0.717, 1.165) is 0 Å². The van der Waals surface area contributed by atoms with Crippen LogP contribution in [0.4, 0.5) is 4.39 Å². The van der Waals surface area contributed by atoms with Crippen LogP contribution >= 0.6 is 47.8 Å². The van der Waals surface area contributed by atoms with Gasteiger partial charge in [-0.05, 0) is 44.8 Å². The molecule has 0 aliphatic heterocycles. The van der Waals surface area contributed by atoms with Gasteiger partial charge in [-0.15, -0.1) is 0 Å². The lowest BCUT2D eigenvalue weighted by molar-refractivity contribution is -0.149. The summed E-state index contributed by atoms with van der Waals surface area (Å²) in [4.78, 5) is 11.4. The van der Waals surface area contributed by atoms with Gasteiger partial charge in [-0.1, -0.05) is 15.9 Å². The van der Waals surface area contributed by atoms with Crippen LogP contribution in [0.2, 0.25) is 0 Å². The molecule has 2 atom stereocenters. The van der Waals surface area contributed by atoms with Gasteiger partial charge in [0.2, 0.25) is 6.17 Å². The molecule has 4 nitrogen and oxygen atoms in total. The van der Waals surface area contributed by atoms with Crippen LogP contribution in [0.1, 0.15) is 18.5 Å². The topological polar surface area (TPSA) is 72.5 Å². The van der Waals surface area contributed by atoms with Gasteiger partial charge in [0.15, 0.2) is 0 Å². The first-order chi connectivity index (χ1) is 8.81. The molecule has 8 heteroatoms. The molecule has 0 saturated heterocycles. The van der Waals surface area contributed by atoms with Gasteiger partial charge in [-0.2, -0.15) is 0 Å². The molecule has 0 heterocycles. The maximum atomic E-state index is 13.9. The largest absolute Gasteiger partial charge is 0.506 e. The number of phenolic OH excluding ortho intramolecular Hbond substituents is 1. The van der Waals surface area contributed by atoms with Crippen LogP contribution in [0.3, 0.4) is 0 Å². The van der Waals surface area contributed by atoms with Crippen molar-refractivity contribution in [3.63, 3.8) is 0 Å². The van der Waals surface area contributed by atoms with Crippen molar-refractivity contribution in [2.24, 2.45) is 5.73 Å². The molecule has 0 amide bonds. The number of ether oxygens (including phenoxy) is 1. The van der Waals surface area contributed by atoms with Crippen molar-refractivity contribution in [2.75, 3.05) is 6.61 Å². The number of rotatable bonds is 4. The van der Waals surface area contributed by atoms with Crippen LogP contribution in [-0.2, 0) is 9.53 Å². The van der Waals surface area contributed by atoms with E-state index >= 15 is 0 Å². The number of phenols is 1. The van der Waals surface area contributed by atoms with Gasteiger partial charge >= 0.3 is 5.97 Å². The number of alkyl halides is 1. The Kier molecular flexibility index (Phi) is 6.22. The van der Waals surface area contributed by atoms with E-state index in [1.807, 2.05) is 0 Å². The molecule has 1 rings (SSSR count). The standard InChI is InChI=1S/C11H11Br3FNO3/c1-2-19-11(18)8(15)9(16)6-4(12)3-5(13)10(17)7(6)14/h3,8-9,17H,2,16H2,1H3/t8?,9-/m0/s1. The summed E-state index contributed by atoms with van der Waals surface area (Å²) in [5, 5.41) is 9.78. The minimum Gasteiger partial charge on any atom is -0.506 e. The Morgan fingerprint density at radius 3 is 2.58 bits per heavy atom. The lowest BCUT2D eigenvalue weighted by Crippen LogP contribution is -2.32. The Hall–Kier alpha value is -0.180. The lowest BCUT2D eigenvalue weighted by Gasteiger charge is -2.19. The number of esters is 1. The third-order valence-electron chi connectivity index (χ3n) is 2.34. The number of hydrogen-bond donors (Lipinski definition) is 2. The number of aromatic hydroxyl groups is 1. The van der Waals surface area contributed by atoms with Crippen LogP contribution < -0.4 is 5.73 Å². The van der Waals surface area contributed by atoms with E-state index in [1.54, 1.807) is 6.92 Å². The second-order valence-corrected chi connectivity index (χ2v) is 6.10. The Morgan fingerprint density at radius 2 is 2.05 bits per heavy atom. The Balaban J connectivity index is 3.16. The average molecular weight is 464 g/mol. The number of halogens is 4. The van der Waals surface area contributed by atoms with Gasteiger partial charge in [-0.25, -0.2) is 9.18 Å². The molecule has 0 bridgehead atoms. The van der Waals surface area contributed by atoms with E-state index in [-0.39, 0.29) is 22.4 Å². The first-order valence-electron chi connectivity index (χ1n) is 5.23. The average Bonchev–Trinajstić information content (AvgIpc) is 2.35. The highest BCUT2D eigenvalue weighted by Crippen LogP contribution is 2.42. The molecule has 0 aliphatic rings. The number of nitrogens with two attached hydrogens (primary N) is 1. The zero-order chi connectivity index (χ0) is 14.7. The SMILES string of the molecule is CCOC(=O)C(F)[C@@H](N)c1c(Br)cc(Br)c(O)c1Br. The fraction of sp³-hybridized carbons (Fsp3) is 0.364. The van der Waals surface area contributed by atoms with E-state index in [1.165, 1.54) is 6.07 Å². The van der Waals surface area contributed by atoms with E-state index < -0.39 is 18.2 Å². The van der Waals surface area contributed by atoms with Gasteiger partial charge in [0.1, 0.15) is 5.75 Å². The quantitative estimate of drug-likeness (QED) is 0.669. The first kappa shape index (κ1) is 16.9. The lowest BCUT2D eigenvalue weighted by atomic mass is 10.0. The van der Waals surface area contributed by atoms with E-state index in [9.17, 15) is 14.3 Å². The van der Waals surface area contributed by atoms with Gasteiger partial charge in [0.25, 0.3) is 0 Å². The normalized spacial score (nSPS) is 14.0. The van der Waals surface area contributed by atoms with Gasteiger partial charge in [0, 0.05) is 10.0 Å². The summed E-state index contributed by atoms with van der Waals surface area (Å²) < 4.78 is 19.6. The highest BCUT2D eigenvalue weighted by Gasteiger charge is 2.31. The molecular weight excluding hydrogens is 453 g/mol. The molecular formula is C11H11Br3FNO3. The van der Waals surface area contributed by atoms with Crippen LogP contribution in [-0.4, -0.2) is 23.9 Å². The molecule has 1 aromatic rings. The fourth-order valence-electron chi connectivity index (χ4n) is 1.41. The third-order valence-corrected chi connectivity index (χ3v) is 4.41. The van der Waals surface area contributed by atoms with Crippen molar-refractivity contribution in [3.8, 4) is 5.75 Å². The Bertz CT molecular complexity index is 499. The summed E-state index contributed by atoms with van der Waals surface area (Å²) in [5.41, 5.74) is 5.98. The molecule has 1 unspecified atom stereocenters. The minimum absolute atomic E-state index is 0.0693. The summed E-state index contributed by atoms with van der Waals surface area (Å²) in [6, 6.07) is 0.259. The number of carbonyl (C=O) groups excluding carboxylic acids is 1. The van der Waals surface area contributed by atoms with Crippen molar-refractivity contribution < 1.29 is 19.0 Å². The maximum Gasteiger partial charge on any atom is 0.342 e. The summed E-state index contributed by atoms with van der Waals surface area (Å²) in [7, 11) is 0. The van der Waals surface area contributed by atoms with Gasteiger partial charge < -0.3 is 15.6 Å². The van der Waals surface area contributed by atoms with E-state index in [0.29, 0.717) is 8.95 Å². The molecule has 0 aromatic heterocycles. The van der Waals surface area contributed by atoms with Crippen molar-refractivity contribution in [3.05, 3.63) is 25.0 Å². The molecule has 19 heavy (non-hydrogen) atoms. The Labute approximate surface area is 134 Å². The monoisotopic (exact) mass is 461 g/mol. The second kappa shape index (κ2) is 7.01. The van der Waals surface area contributed by atoms with Crippen LogP contribution in [0.5, 0.6) is 5.75 Å². The van der Waals surface area contributed by atoms with Gasteiger partial charge in [0.05, 0.1) is 21.6 Å². The number of hydrogen-bond acceptors (Lipinski definition) is 4. The van der Waals surface area contributed by atoms with Crippen molar-refractivity contribution in [1.29, 1.82) is 0 Å². The number of benzene rings is 1. The second-order valence-electron chi connectivity index (χ2n) is 3.60. The van der Waals surface area contributed by atoms with Crippen molar-refractivity contribution in [2.45, 2.75) is 19.1 Å². The summed E-state index contributed by atoms with van der Waals surface area (Å²) in [6.45, 7) is 1.65. The third kappa shape index (κ3) is 3.68. The highest BCUT2D eigenvalue weighted by molar-refractivity contribution is 9.11. The van der Waals surface area contributed by atoms with E-state index in [2.05, 4.69) is 52.5 Å². The molecule has 0 spiro atoms. The zero-order valence-electron chi connectivity index (χ0n) is 9.79. The zero-order valence-corrected chi connectivity index (χ0v) is 14.6. The van der Waals surface area contributed by atoms with Crippen LogP contribution in [0.15, 0.2) is 19.5 Å². The van der Waals surface area contributed by atoms with Crippen LogP contribution in [0.25, 0.3) is 0 Å². The van der Waals surface area contributed by atoms with Gasteiger partial charge in [-0.3, -0.25) is 0 Å². The smallest absolute Gasteiger partial charge is 0.342 e. The number of carbonyl (C=O) groups is 1. The fourth-order valence-corrected chi connectivity index (χ4v) is 4.06. The molecule has 106 valence electrons. The summed E-state index contributed by atoms with van der Waals surface area (Å²) in [5.74, 6) is -1.15. The highest BCUT2D eigenvalue weighted by atomic mass is 79.9. The predicted octanol–water partition coefficient (Wildman–Crippen LogP) is 3.58. The molecule has 1 aromatic carbocycles. The minimum atomic E-state index is -2.02. The first-order valence-corrected chi connectivity index (χ1v) is 7.61. The van der Waals surface area contributed by atoms with Crippen LogP contribution in [0, 0.1) is 0 Å². The molecule has 3 N–H and O–H groups in total. The van der Waals surface area contributed by atoms with Crippen molar-refractivity contribution in [1.82, 2.24) is 0 Å². The maximum absolute atomic E-state index is 13.9. The predicted molar refractivity (Wildman–Crippen MR) is 79.7 cm³/mol. The molecule has 0 fully saturated rings. The molecule has 0 saturated carbocycles. The molecule has 0 radical (unpaired) electrons. The Morgan fingerprint density at radius 1 is 1.47 bits per heavy atom.